The van der Waals surface area contributed by atoms with Gasteiger partial charge in [0.2, 0.25) is 9.05 Å². The predicted octanol–water partition coefficient (Wildman–Crippen LogP) is 2.17. The van der Waals surface area contributed by atoms with Gasteiger partial charge in [-0.2, -0.15) is 0 Å². The summed E-state index contributed by atoms with van der Waals surface area (Å²) in [7, 11) is 1.73. The van der Waals surface area contributed by atoms with Gasteiger partial charge in [0.05, 0.1) is 5.75 Å². The van der Waals surface area contributed by atoms with Gasteiger partial charge >= 0.3 is 0 Å². The molecule has 5 heteroatoms. The number of hydrogen-bond donors (Lipinski definition) is 0. The molecule has 0 atom stereocenters. The lowest BCUT2D eigenvalue weighted by molar-refractivity contribution is 0.609. The van der Waals surface area contributed by atoms with Crippen LogP contribution in [-0.2, 0) is 15.5 Å². The maximum atomic E-state index is 10.6. The van der Waals surface area contributed by atoms with Crippen LogP contribution in [-0.4, -0.2) is 14.2 Å². The highest BCUT2D eigenvalue weighted by Gasteiger charge is 2.06. The molecule has 1 aromatic heterocycles. The highest BCUT2D eigenvalue weighted by atomic mass is 35.7. The van der Waals surface area contributed by atoms with E-state index in [-0.39, 0.29) is 5.75 Å². The molecule has 0 unspecified atom stereocenters. The molecule has 0 bridgehead atoms. The molecule has 0 N–H and O–H groups in total. The van der Waals surface area contributed by atoms with Crippen LogP contribution < -0.4 is 0 Å². The van der Waals surface area contributed by atoms with Crippen LogP contribution in [0.2, 0.25) is 0 Å². The normalized spacial score (nSPS) is 11.8. The molecule has 0 aromatic carbocycles. The Morgan fingerprint density at radius 3 is 2.58 bits per heavy atom. The first-order valence-electron chi connectivity index (χ1n) is 3.45. The van der Waals surface area contributed by atoms with Gasteiger partial charge in [-0.1, -0.05) is 0 Å². The van der Waals surface area contributed by atoms with Crippen LogP contribution in [0.25, 0.3) is 0 Å². The minimum Gasteiger partial charge on any atom is -0.212 e. The molecule has 12 heavy (non-hydrogen) atoms. The van der Waals surface area contributed by atoms with Crippen molar-refractivity contribution in [3.63, 3.8) is 0 Å². The molecule has 0 radical (unpaired) electrons. The van der Waals surface area contributed by atoms with Gasteiger partial charge in [0.15, 0.2) is 0 Å². The van der Waals surface area contributed by atoms with E-state index < -0.39 is 9.05 Å². The van der Waals surface area contributed by atoms with Gasteiger partial charge in [0.1, 0.15) is 0 Å². The first-order chi connectivity index (χ1) is 5.47. The molecule has 2 nitrogen and oxygen atoms in total. The van der Waals surface area contributed by atoms with Crippen molar-refractivity contribution >= 4 is 31.1 Å². The van der Waals surface area contributed by atoms with Crippen LogP contribution in [0.1, 0.15) is 9.75 Å². The van der Waals surface area contributed by atoms with Crippen molar-refractivity contribution in [2.24, 2.45) is 0 Å². The first kappa shape index (κ1) is 10.0. The van der Waals surface area contributed by atoms with E-state index in [1.807, 2.05) is 19.1 Å². The van der Waals surface area contributed by atoms with Crippen LogP contribution in [0.3, 0.4) is 0 Å². The zero-order valence-corrected chi connectivity index (χ0v) is 8.97. The van der Waals surface area contributed by atoms with Crippen molar-refractivity contribution in [1.82, 2.24) is 0 Å². The Hall–Kier alpha value is -0.0600. The predicted molar refractivity (Wildman–Crippen MR) is 52.4 cm³/mol. The van der Waals surface area contributed by atoms with E-state index in [0.29, 0.717) is 6.42 Å². The Morgan fingerprint density at radius 1 is 1.50 bits per heavy atom. The molecule has 0 saturated carbocycles. The van der Waals surface area contributed by atoms with Gasteiger partial charge < -0.3 is 0 Å². The van der Waals surface area contributed by atoms with Crippen molar-refractivity contribution in [3.8, 4) is 0 Å². The summed E-state index contributed by atoms with van der Waals surface area (Å²) in [5.41, 5.74) is 0. The van der Waals surface area contributed by atoms with E-state index in [2.05, 4.69) is 0 Å². The third-order valence-corrected chi connectivity index (χ3v) is 3.60. The average Bonchev–Trinajstić information content (AvgIpc) is 2.30. The van der Waals surface area contributed by atoms with Crippen molar-refractivity contribution < 1.29 is 8.42 Å². The second-order valence-electron chi connectivity index (χ2n) is 2.51. The van der Waals surface area contributed by atoms with Gasteiger partial charge in [-0.25, -0.2) is 8.42 Å². The summed E-state index contributed by atoms with van der Waals surface area (Å²) >= 11 is 1.61. The Morgan fingerprint density at radius 2 is 2.17 bits per heavy atom. The van der Waals surface area contributed by atoms with E-state index in [1.54, 1.807) is 11.3 Å². The second kappa shape index (κ2) is 3.77. The van der Waals surface area contributed by atoms with Crippen LogP contribution in [0, 0.1) is 6.92 Å². The number of thiophene rings is 1. The van der Waals surface area contributed by atoms with Crippen LogP contribution >= 0.6 is 22.0 Å². The summed E-state index contributed by atoms with van der Waals surface area (Å²) in [6.07, 6.45) is 0.518. The van der Waals surface area contributed by atoms with Crippen molar-refractivity contribution in [1.29, 1.82) is 0 Å². The molecule has 0 fully saturated rings. The van der Waals surface area contributed by atoms with Crippen molar-refractivity contribution in [2.45, 2.75) is 13.3 Å². The monoisotopic (exact) mass is 224 g/mol. The molecular formula is C7H9ClO2S2. The summed E-state index contributed by atoms with van der Waals surface area (Å²) < 4.78 is 21.2. The highest BCUT2D eigenvalue weighted by molar-refractivity contribution is 8.13. The van der Waals surface area contributed by atoms with E-state index >= 15 is 0 Å². The fourth-order valence-electron chi connectivity index (χ4n) is 0.842. The van der Waals surface area contributed by atoms with Gasteiger partial charge in [0, 0.05) is 20.4 Å². The Balaban J connectivity index is 2.55. The lowest BCUT2D eigenvalue weighted by Gasteiger charge is -1.92. The van der Waals surface area contributed by atoms with Gasteiger partial charge in [-0.05, 0) is 25.5 Å². The average molecular weight is 225 g/mol. The first-order valence-corrected chi connectivity index (χ1v) is 6.74. The second-order valence-corrected chi connectivity index (χ2v) is 6.77. The number of halogens is 1. The molecule has 0 aliphatic carbocycles. The van der Waals surface area contributed by atoms with Crippen LogP contribution in [0.15, 0.2) is 12.1 Å². The van der Waals surface area contributed by atoms with E-state index in [0.717, 1.165) is 4.88 Å². The molecule has 0 spiro atoms. The zero-order valence-electron chi connectivity index (χ0n) is 6.58. The molecule has 0 saturated heterocycles. The topological polar surface area (TPSA) is 34.1 Å². The van der Waals surface area contributed by atoms with E-state index in [4.69, 9.17) is 10.7 Å². The molecule has 0 amide bonds. The van der Waals surface area contributed by atoms with Gasteiger partial charge in [-0.3, -0.25) is 0 Å². The quantitative estimate of drug-likeness (QED) is 0.738. The van der Waals surface area contributed by atoms with Crippen molar-refractivity contribution in [3.05, 3.63) is 21.9 Å². The molecule has 1 rings (SSSR count). The number of hydrogen-bond acceptors (Lipinski definition) is 3. The van der Waals surface area contributed by atoms with E-state index in [1.165, 1.54) is 4.88 Å². The third kappa shape index (κ3) is 3.56. The Kier molecular flexibility index (Phi) is 3.15. The summed E-state index contributed by atoms with van der Waals surface area (Å²) in [5, 5.41) is 0. The molecular weight excluding hydrogens is 216 g/mol. The summed E-state index contributed by atoms with van der Waals surface area (Å²) in [6, 6.07) is 3.91. The largest absolute Gasteiger partial charge is 0.232 e. The molecule has 1 heterocycles. The fourth-order valence-corrected chi connectivity index (χ4v) is 2.56. The SMILES string of the molecule is Cc1ccc(CCS(=O)(=O)Cl)s1. The summed E-state index contributed by atoms with van der Waals surface area (Å²) in [5.74, 6) is 0.0223. The number of aryl methyl sites for hydroxylation is 2. The Bertz CT molecular complexity index is 353. The van der Waals surface area contributed by atoms with Crippen LogP contribution in [0.5, 0.6) is 0 Å². The van der Waals surface area contributed by atoms with Crippen molar-refractivity contribution in [2.75, 3.05) is 5.75 Å². The van der Waals surface area contributed by atoms with E-state index in [9.17, 15) is 8.42 Å². The van der Waals surface area contributed by atoms with Gasteiger partial charge in [0.25, 0.3) is 0 Å². The molecule has 0 aliphatic heterocycles. The maximum absolute atomic E-state index is 10.6. The fraction of sp³-hybridized carbons (Fsp3) is 0.429. The minimum atomic E-state index is -3.33. The zero-order chi connectivity index (χ0) is 9.19. The smallest absolute Gasteiger partial charge is 0.212 e. The Labute approximate surface area is 80.6 Å². The molecule has 68 valence electrons. The summed E-state index contributed by atoms with van der Waals surface area (Å²) in [6.45, 7) is 1.99. The van der Waals surface area contributed by atoms with Crippen LogP contribution in [0.4, 0.5) is 0 Å². The highest BCUT2D eigenvalue weighted by Crippen LogP contribution is 2.16. The summed E-state index contributed by atoms with van der Waals surface area (Å²) in [4.78, 5) is 2.26. The maximum Gasteiger partial charge on any atom is 0.232 e. The lowest BCUT2D eigenvalue weighted by atomic mass is 10.4. The third-order valence-electron chi connectivity index (χ3n) is 1.39. The lowest BCUT2D eigenvalue weighted by Crippen LogP contribution is -1.99. The molecule has 0 aliphatic rings. The number of rotatable bonds is 3. The minimum absolute atomic E-state index is 0.0223. The standard InChI is InChI=1S/C7H9ClO2S2/c1-6-2-3-7(11-6)4-5-12(8,9)10/h2-3H,4-5H2,1H3. The van der Waals surface area contributed by atoms with Gasteiger partial charge in [-0.15, -0.1) is 11.3 Å². The molecule has 1 aromatic rings.